The summed E-state index contributed by atoms with van der Waals surface area (Å²) in [5, 5.41) is 4.97. The summed E-state index contributed by atoms with van der Waals surface area (Å²) < 4.78 is 0. The van der Waals surface area contributed by atoms with Crippen LogP contribution in [0.25, 0.3) is 100.0 Å². The van der Waals surface area contributed by atoms with Crippen LogP contribution in [0.5, 0.6) is 0 Å². The van der Waals surface area contributed by atoms with Crippen LogP contribution in [0.4, 0.5) is 0 Å². The largest absolute Gasteiger partial charge is 0.228 e. The summed E-state index contributed by atoms with van der Waals surface area (Å²) in [6, 6.07) is 74.3. The smallest absolute Gasteiger partial charge is 0.160 e. The minimum Gasteiger partial charge on any atom is -0.228 e. The zero-order chi connectivity index (χ0) is 39.5. The molecule has 59 heavy (non-hydrogen) atoms. The SMILES string of the molecule is CC1(C)c2cccc(-c3ccc(-c4cc(-c5cc(-c6ccccc6)cc(-c6ccccc6)c5)nc(-c5ccccc5)n4)c4ccccc34)c2-c2ccc3ccccc3c21. The van der Waals surface area contributed by atoms with Gasteiger partial charge in [-0.2, -0.15) is 0 Å². The van der Waals surface area contributed by atoms with Crippen molar-refractivity contribution >= 4 is 21.5 Å². The molecule has 0 amide bonds. The average molecular weight is 753 g/mol. The molecule has 0 fully saturated rings. The number of aromatic nitrogens is 2. The van der Waals surface area contributed by atoms with Crippen molar-refractivity contribution in [2.45, 2.75) is 19.3 Å². The van der Waals surface area contributed by atoms with Crippen molar-refractivity contribution in [3.8, 4) is 78.4 Å². The Kier molecular flexibility index (Phi) is 8.20. The van der Waals surface area contributed by atoms with Crippen molar-refractivity contribution in [3.63, 3.8) is 0 Å². The van der Waals surface area contributed by atoms with Crippen LogP contribution in [-0.4, -0.2) is 9.97 Å². The van der Waals surface area contributed by atoms with Gasteiger partial charge in [-0.3, -0.25) is 0 Å². The molecule has 0 radical (unpaired) electrons. The van der Waals surface area contributed by atoms with Gasteiger partial charge in [-0.25, -0.2) is 9.97 Å². The first-order chi connectivity index (χ1) is 29.0. The highest BCUT2D eigenvalue weighted by molar-refractivity contribution is 6.09. The molecule has 0 aliphatic heterocycles. The van der Waals surface area contributed by atoms with E-state index in [1.54, 1.807) is 0 Å². The highest BCUT2D eigenvalue weighted by Gasteiger charge is 2.38. The molecule has 2 nitrogen and oxygen atoms in total. The Morgan fingerprint density at radius 3 is 1.54 bits per heavy atom. The zero-order valence-electron chi connectivity index (χ0n) is 33.0. The van der Waals surface area contributed by atoms with Crippen LogP contribution in [0.2, 0.25) is 0 Å². The molecule has 1 aliphatic carbocycles. The quantitative estimate of drug-likeness (QED) is 0.169. The van der Waals surface area contributed by atoms with Crippen molar-refractivity contribution in [1.82, 2.24) is 9.97 Å². The van der Waals surface area contributed by atoms with E-state index in [4.69, 9.17) is 9.97 Å². The first-order valence-corrected chi connectivity index (χ1v) is 20.4. The molecule has 9 aromatic carbocycles. The number of fused-ring (bicyclic) bond motifs is 6. The lowest BCUT2D eigenvalue weighted by Gasteiger charge is -2.23. The minimum absolute atomic E-state index is 0.138. The van der Waals surface area contributed by atoms with Crippen molar-refractivity contribution in [2.75, 3.05) is 0 Å². The van der Waals surface area contributed by atoms with E-state index in [1.165, 1.54) is 49.5 Å². The normalized spacial score (nSPS) is 12.7. The van der Waals surface area contributed by atoms with Crippen molar-refractivity contribution in [1.29, 1.82) is 0 Å². The lowest BCUT2D eigenvalue weighted by atomic mass is 9.80. The Morgan fingerprint density at radius 2 is 0.864 bits per heavy atom. The van der Waals surface area contributed by atoms with Gasteiger partial charge in [0, 0.05) is 22.1 Å². The molecule has 1 aromatic heterocycles. The zero-order valence-corrected chi connectivity index (χ0v) is 33.0. The van der Waals surface area contributed by atoms with Gasteiger partial charge in [-0.15, -0.1) is 0 Å². The second kappa shape index (κ2) is 13.9. The summed E-state index contributed by atoms with van der Waals surface area (Å²) in [4.78, 5) is 10.6. The van der Waals surface area contributed by atoms with E-state index in [0.29, 0.717) is 5.82 Å². The number of hydrogen-bond donors (Lipinski definition) is 0. The maximum atomic E-state index is 5.34. The third-order valence-corrected chi connectivity index (χ3v) is 12.3. The standard InChI is InChI=1S/C57H40N2/c1-57(2)51-28-16-27-49(54(51)50-30-29-39-21-12-13-24-44(39)55(50)57)47-31-32-48(46-26-15-14-25-45(46)47)53-36-52(58-56(59-53)40-22-10-5-11-23-40)43-34-41(37-17-6-3-7-18-37)33-42(35-43)38-19-8-4-9-20-38/h3-36H,1-2H3. The molecule has 1 aliphatic rings. The van der Waals surface area contributed by atoms with Gasteiger partial charge in [0.2, 0.25) is 0 Å². The second-order valence-electron chi connectivity index (χ2n) is 16.1. The Balaban J connectivity index is 1.12. The number of rotatable bonds is 6. The Morgan fingerprint density at radius 1 is 0.339 bits per heavy atom. The molecule has 278 valence electrons. The molecule has 2 heteroatoms. The minimum atomic E-state index is -0.138. The van der Waals surface area contributed by atoms with Gasteiger partial charge in [0.15, 0.2) is 5.82 Å². The van der Waals surface area contributed by atoms with E-state index < -0.39 is 0 Å². The molecule has 0 N–H and O–H groups in total. The highest BCUT2D eigenvalue weighted by Crippen LogP contribution is 2.55. The van der Waals surface area contributed by atoms with Gasteiger partial charge in [-0.1, -0.05) is 196 Å². The van der Waals surface area contributed by atoms with E-state index in [0.717, 1.165) is 55.7 Å². The first-order valence-electron chi connectivity index (χ1n) is 20.4. The molecule has 0 saturated carbocycles. The summed E-state index contributed by atoms with van der Waals surface area (Å²) >= 11 is 0. The highest BCUT2D eigenvalue weighted by atomic mass is 14.9. The van der Waals surface area contributed by atoms with E-state index in [-0.39, 0.29) is 5.41 Å². The van der Waals surface area contributed by atoms with Crippen LogP contribution in [0.3, 0.4) is 0 Å². The van der Waals surface area contributed by atoms with Crippen LogP contribution in [-0.2, 0) is 5.41 Å². The van der Waals surface area contributed by atoms with Gasteiger partial charge in [0.05, 0.1) is 11.4 Å². The number of benzene rings is 9. The van der Waals surface area contributed by atoms with Crippen molar-refractivity contribution in [2.24, 2.45) is 0 Å². The fourth-order valence-corrected chi connectivity index (χ4v) is 9.45. The topological polar surface area (TPSA) is 25.8 Å². The summed E-state index contributed by atoms with van der Waals surface area (Å²) in [6.45, 7) is 4.76. The molecule has 11 rings (SSSR count). The molecule has 1 heterocycles. The fourth-order valence-electron chi connectivity index (χ4n) is 9.45. The molecule has 10 aromatic rings. The van der Waals surface area contributed by atoms with Gasteiger partial charge in [-0.05, 0) is 101 Å². The lowest BCUT2D eigenvalue weighted by molar-refractivity contribution is 0.666. The summed E-state index contributed by atoms with van der Waals surface area (Å²) in [6.07, 6.45) is 0. The number of hydrogen-bond acceptors (Lipinski definition) is 2. The lowest BCUT2D eigenvalue weighted by Crippen LogP contribution is -2.15. The van der Waals surface area contributed by atoms with Crippen molar-refractivity contribution in [3.05, 3.63) is 217 Å². The maximum Gasteiger partial charge on any atom is 0.160 e. The molecule has 0 unspecified atom stereocenters. The number of nitrogens with zero attached hydrogens (tertiary/aromatic N) is 2. The Bertz CT molecular complexity index is 3160. The second-order valence-corrected chi connectivity index (χ2v) is 16.1. The predicted molar refractivity (Wildman–Crippen MR) is 247 cm³/mol. The molecule has 0 spiro atoms. The van der Waals surface area contributed by atoms with Crippen molar-refractivity contribution < 1.29 is 0 Å². The van der Waals surface area contributed by atoms with Crippen LogP contribution in [0, 0.1) is 0 Å². The summed E-state index contributed by atoms with van der Waals surface area (Å²) in [7, 11) is 0. The van der Waals surface area contributed by atoms with Gasteiger partial charge >= 0.3 is 0 Å². The molecular weight excluding hydrogens is 713 g/mol. The monoisotopic (exact) mass is 752 g/mol. The molecular formula is C57H40N2. The van der Waals surface area contributed by atoms with Gasteiger partial charge < -0.3 is 0 Å². The molecule has 0 saturated heterocycles. The fraction of sp³-hybridized carbons (Fsp3) is 0.0526. The van der Waals surface area contributed by atoms with Crippen LogP contribution in [0.15, 0.2) is 206 Å². The Hall–Kier alpha value is -7.42. The first kappa shape index (κ1) is 34.8. The average Bonchev–Trinajstić information content (AvgIpc) is 3.55. The van der Waals surface area contributed by atoms with Crippen LogP contribution < -0.4 is 0 Å². The van der Waals surface area contributed by atoms with Crippen LogP contribution in [0.1, 0.15) is 25.0 Å². The summed E-state index contributed by atoms with van der Waals surface area (Å²) in [5.41, 5.74) is 17.3. The Labute approximate surface area is 345 Å². The van der Waals surface area contributed by atoms with Crippen LogP contribution >= 0.6 is 0 Å². The third-order valence-electron chi connectivity index (χ3n) is 12.3. The van der Waals surface area contributed by atoms with E-state index >= 15 is 0 Å². The van der Waals surface area contributed by atoms with E-state index in [2.05, 4.69) is 214 Å². The molecule has 0 bridgehead atoms. The molecule has 0 atom stereocenters. The van der Waals surface area contributed by atoms with Gasteiger partial charge in [0.1, 0.15) is 0 Å². The third kappa shape index (κ3) is 5.87. The summed E-state index contributed by atoms with van der Waals surface area (Å²) in [5.74, 6) is 0.699. The van der Waals surface area contributed by atoms with Gasteiger partial charge in [0.25, 0.3) is 0 Å². The maximum absolute atomic E-state index is 5.34. The van der Waals surface area contributed by atoms with E-state index in [9.17, 15) is 0 Å². The predicted octanol–water partition coefficient (Wildman–Crippen LogP) is 15.1. The van der Waals surface area contributed by atoms with E-state index in [1.807, 2.05) is 6.07 Å².